The lowest BCUT2D eigenvalue weighted by molar-refractivity contribution is 0.285. The normalized spacial score (nSPS) is 11.1. The Hall–Kier alpha value is -4.06. The first-order chi connectivity index (χ1) is 14.7. The average molecular weight is 397 g/mol. The number of benzene rings is 3. The van der Waals surface area contributed by atoms with E-state index in [1.807, 2.05) is 66.7 Å². The predicted molar refractivity (Wildman–Crippen MR) is 116 cm³/mol. The molecule has 3 aromatic carbocycles. The highest BCUT2D eigenvalue weighted by Crippen LogP contribution is 2.35. The molecule has 2 aromatic heterocycles. The van der Waals surface area contributed by atoms with E-state index < -0.39 is 0 Å². The molecule has 0 bridgehead atoms. The third-order valence-electron chi connectivity index (χ3n) is 4.96. The third-order valence-corrected chi connectivity index (χ3v) is 4.96. The molecule has 2 heterocycles. The zero-order chi connectivity index (χ0) is 20.5. The van der Waals surface area contributed by atoms with Crippen LogP contribution >= 0.6 is 0 Å². The van der Waals surface area contributed by atoms with E-state index in [4.69, 9.17) is 24.6 Å². The molecule has 0 radical (unpaired) electrons. The Kier molecular flexibility index (Phi) is 4.44. The van der Waals surface area contributed by atoms with Gasteiger partial charge in [0.2, 0.25) is 0 Å². The van der Waals surface area contributed by atoms with Crippen LogP contribution in [0.4, 0.5) is 5.82 Å². The van der Waals surface area contributed by atoms with Gasteiger partial charge in [-0.3, -0.25) is 0 Å². The first kappa shape index (κ1) is 18.0. The molecule has 0 atom stereocenters. The van der Waals surface area contributed by atoms with Crippen molar-refractivity contribution in [1.29, 1.82) is 0 Å². The number of methoxy groups -OCH3 is 1. The Morgan fingerprint density at radius 3 is 2.63 bits per heavy atom. The molecular weight excluding hydrogens is 378 g/mol. The Bertz CT molecular complexity index is 1350. The summed E-state index contributed by atoms with van der Waals surface area (Å²) in [5.41, 5.74) is 9.69. The van der Waals surface area contributed by atoms with Gasteiger partial charge in [-0.2, -0.15) is 0 Å². The third kappa shape index (κ3) is 3.28. The van der Waals surface area contributed by atoms with Crippen molar-refractivity contribution >= 4 is 27.7 Å². The summed E-state index contributed by atoms with van der Waals surface area (Å²) in [7, 11) is 1.60. The Morgan fingerprint density at radius 1 is 0.933 bits per heavy atom. The molecule has 0 saturated carbocycles. The van der Waals surface area contributed by atoms with E-state index in [-0.39, 0.29) is 0 Å². The fourth-order valence-corrected chi connectivity index (χ4v) is 3.40. The van der Waals surface area contributed by atoms with Crippen molar-refractivity contribution < 1.29 is 13.9 Å². The van der Waals surface area contributed by atoms with Gasteiger partial charge in [0, 0.05) is 22.4 Å². The zero-order valence-electron chi connectivity index (χ0n) is 16.3. The van der Waals surface area contributed by atoms with Crippen molar-refractivity contribution in [1.82, 2.24) is 9.97 Å². The number of fused-ring (bicyclic) bond motifs is 2. The molecular formula is C24H19N3O3. The molecule has 6 nitrogen and oxygen atoms in total. The van der Waals surface area contributed by atoms with E-state index in [2.05, 4.69) is 4.98 Å². The molecule has 0 amide bonds. The van der Waals surface area contributed by atoms with Crippen LogP contribution in [-0.4, -0.2) is 17.1 Å². The first-order valence-electron chi connectivity index (χ1n) is 9.51. The van der Waals surface area contributed by atoms with Crippen LogP contribution in [0, 0.1) is 0 Å². The maximum atomic E-state index is 6.26. The zero-order valence-corrected chi connectivity index (χ0v) is 16.3. The number of nitrogen functional groups attached to an aromatic ring is 1. The lowest BCUT2D eigenvalue weighted by Crippen LogP contribution is -2.01. The second kappa shape index (κ2) is 7.40. The van der Waals surface area contributed by atoms with E-state index in [0.717, 1.165) is 22.1 Å². The number of aromatic nitrogens is 2. The van der Waals surface area contributed by atoms with Crippen LogP contribution in [0.3, 0.4) is 0 Å². The Labute approximate surface area is 172 Å². The summed E-state index contributed by atoms with van der Waals surface area (Å²) < 4.78 is 16.9. The number of rotatable bonds is 5. The molecule has 0 unspecified atom stereocenters. The van der Waals surface area contributed by atoms with Crippen molar-refractivity contribution in [2.75, 3.05) is 12.8 Å². The fourth-order valence-electron chi connectivity index (χ4n) is 3.40. The van der Waals surface area contributed by atoms with Gasteiger partial charge in [-0.05, 0) is 35.9 Å². The molecule has 2 N–H and O–H groups in total. The minimum Gasteiger partial charge on any atom is -0.493 e. The van der Waals surface area contributed by atoms with Crippen LogP contribution in [0.1, 0.15) is 5.56 Å². The smallest absolute Gasteiger partial charge is 0.163 e. The van der Waals surface area contributed by atoms with Gasteiger partial charge in [0.05, 0.1) is 18.9 Å². The minimum atomic E-state index is 0.384. The van der Waals surface area contributed by atoms with Crippen LogP contribution in [0.25, 0.3) is 33.3 Å². The number of anilines is 1. The molecule has 5 rings (SSSR count). The largest absolute Gasteiger partial charge is 0.493 e. The van der Waals surface area contributed by atoms with Crippen molar-refractivity contribution in [3.05, 3.63) is 78.6 Å². The maximum absolute atomic E-state index is 6.26. The van der Waals surface area contributed by atoms with E-state index >= 15 is 0 Å². The van der Waals surface area contributed by atoms with Gasteiger partial charge in [-0.1, -0.05) is 30.3 Å². The predicted octanol–water partition coefficient (Wildman–Crippen LogP) is 5.21. The summed E-state index contributed by atoms with van der Waals surface area (Å²) in [6.07, 6.45) is 1.66. The van der Waals surface area contributed by atoms with E-state index in [9.17, 15) is 0 Å². The molecule has 5 aromatic rings. The molecule has 0 saturated heterocycles. The summed E-state index contributed by atoms with van der Waals surface area (Å²) in [4.78, 5) is 9.23. The molecule has 6 heteroatoms. The summed E-state index contributed by atoms with van der Waals surface area (Å²) in [5.74, 6) is 2.11. The molecule has 148 valence electrons. The van der Waals surface area contributed by atoms with Crippen molar-refractivity contribution in [3.63, 3.8) is 0 Å². The first-order valence-corrected chi connectivity index (χ1v) is 9.51. The second-order valence-electron chi connectivity index (χ2n) is 6.90. The number of furan rings is 1. The highest BCUT2D eigenvalue weighted by atomic mass is 16.5. The van der Waals surface area contributed by atoms with Gasteiger partial charge in [-0.25, -0.2) is 9.97 Å². The SMILES string of the molecule is COc1cc2c(N)nc(-c3ccc4occc4c3)nc2cc1OCc1ccccc1. The number of hydrogen-bond acceptors (Lipinski definition) is 6. The van der Waals surface area contributed by atoms with Crippen molar-refractivity contribution in [2.45, 2.75) is 6.61 Å². The highest BCUT2D eigenvalue weighted by Gasteiger charge is 2.14. The van der Waals surface area contributed by atoms with Gasteiger partial charge in [0.15, 0.2) is 17.3 Å². The van der Waals surface area contributed by atoms with E-state index in [0.29, 0.717) is 40.7 Å². The van der Waals surface area contributed by atoms with Crippen LogP contribution in [0.2, 0.25) is 0 Å². The lowest BCUT2D eigenvalue weighted by Gasteiger charge is -2.13. The van der Waals surface area contributed by atoms with Crippen LogP contribution in [0.15, 0.2) is 77.4 Å². The van der Waals surface area contributed by atoms with Gasteiger partial charge in [0.25, 0.3) is 0 Å². The molecule has 0 aliphatic rings. The Balaban J connectivity index is 1.56. The summed E-state index contributed by atoms with van der Waals surface area (Å²) in [6, 6.07) is 21.3. The summed E-state index contributed by atoms with van der Waals surface area (Å²) in [6.45, 7) is 0.424. The lowest BCUT2D eigenvalue weighted by atomic mass is 10.1. The molecule has 0 aliphatic carbocycles. The summed E-state index contributed by atoms with van der Waals surface area (Å²) in [5, 5.41) is 1.70. The fraction of sp³-hybridized carbons (Fsp3) is 0.0833. The van der Waals surface area contributed by atoms with Crippen LogP contribution < -0.4 is 15.2 Å². The standard InChI is InChI=1S/C24H19N3O3/c1-28-21-12-18-19(13-22(21)30-14-15-5-3-2-4-6-15)26-24(27-23(18)25)17-7-8-20-16(11-17)9-10-29-20/h2-13H,14H2,1H3,(H2,25,26,27). The second-order valence-corrected chi connectivity index (χ2v) is 6.90. The topological polar surface area (TPSA) is 83.4 Å². The van der Waals surface area contributed by atoms with Crippen molar-refractivity contribution in [3.8, 4) is 22.9 Å². The molecule has 0 spiro atoms. The number of hydrogen-bond donors (Lipinski definition) is 1. The van der Waals surface area contributed by atoms with Crippen LogP contribution in [0.5, 0.6) is 11.5 Å². The number of nitrogens with zero attached hydrogens (tertiary/aromatic N) is 2. The van der Waals surface area contributed by atoms with Gasteiger partial charge < -0.3 is 19.6 Å². The molecule has 30 heavy (non-hydrogen) atoms. The summed E-state index contributed by atoms with van der Waals surface area (Å²) >= 11 is 0. The molecule has 0 fully saturated rings. The van der Waals surface area contributed by atoms with Crippen molar-refractivity contribution in [2.24, 2.45) is 0 Å². The monoisotopic (exact) mass is 397 g/mol. The highest BCUT2D eigenvalue weighted by molar-refractivity contribution is 5.92. The number of ether oxygens (including phenoxy) is 2. The number of nitrogens with two attached hydrogens (primary N) is 1. The van der Waals surface area contributed by atoms with E-state index in [1.165, 1.54) is 0 Å². The average Bonchev–Trinajstić information content (AvgIpc) is 3.25. The van der Waals surface area contributed by atoms with Gasteiger partial charge >= 0.3 is 0 Å². The van der Waals surface area contributed by atoms with Gasteiger partial charge in [0.1, 0.15) is 18.0 Å². The van der Waals surface area contributed by atoms with Crippen LogP contribution in [-0.2, 0) is 6.61 Å². The Morgan fingerprint density at radius 2 is 1.80 bits per heavy atom. The quantitative estimate of drug-likeness (QED) is 0.438. The minimum absolute atomic E-state index is 0.384. The molecule has 0 aliphatic heterocycles. The van der Waals surface area contributed by atoms with E-state index in [1.54, 1.807) is 13.4 Å². The maximum Gasteiger partial charge on any atom is 0.163 e. The van der Waals surface area contributed by atoms with Gasteiger partial charge in [-0.15, -0.1) is 0 Å².